The Hall–Kier alpha value is -2.26. The molecule has 0 spiro atoms. The van der Waals surface area contributed by atoms with Crippen LogP contribution in [-0.4, -0.2) is 33.8 Å². The highest BCUT2D eigenvalue weighted by Crippen LogP contribution is 2.26. The zero-order valence-corrected chi connectivity index (χ0v) is 14.6. The molecule has 0 unspecified atom stereocenters. The average Bonchev–Trinajstić information content (AvgIpc) is 3.32. The number of nitrogens with zero attached hydrogens (tertiary/aromatic N) is 3. The Morgan fingerprint density at radius 3 is 2.71 bits per heavy atom. The van der Waals surface area contributed by atoms with Gasteiger partial charge in [-0.3, -0.25) is 4.79 Å². The fourth-order valence-corrected chi connectivity index (χ4v) is 3.56. The highest BCUT2D eigenvalue weighted by atomic mass is 32.2. The molecule has 7 nitrogen and oxygen atoms in total. The van der Waals surface area contributed by atoms with Gasteiger partial charge in [-0.15, -0.1) is 10.2 Å². The highest BCUT2D eigenvalue weighted by molar-refractivity contribution is 8.01. The van der Waals surface area contributed by atoms with Crippen LogP contribution in [0.1, 0.15) is 11.5 Å². The second-order valence-corrected chi connectivity index (χ2v) is 7.12. The maximum absolute atomic E-state index is 12.1. The van der Waals surface area contributed by atoms with E-state index in [1.165, 1.54) is 23.1 Å². The minimum atomic E-state index is 0.0108. The lowest BCUT2D eigenvalue weighted by Gasteiger charge is -2.14. The van der Waals surface area contributed by atoms with Gasteiger partial charge in [0.1, 0.15) is 11.5 Å². The molecule has 0 aliphatic rings. The molecule has 9 heteroatoms. The number of furan rings is 2. The van der Waals surface area contributed by atoms with E-state index in [-0.39, 0.29) is 5.91 Å². The van der Waals surface area contributed by atoms with E-state index in [9.17, 15) is 4.79 Å². The number of aromatic nitrogens is 2. The second kappa shape index (κ2) is 8.02. The number of nitrogens with one attached hydrogen (secondary N) is 1. The van der Waals surface area contributed by atoms with Crippen molar-refractivity contribution in [3.8, 4) is 0 Å². The zero-order chi connectivity index (χ0) is 16.8. The summed E-state index contributed by atoms with van der Waals surface area (Å²) in [6.45, 7) is 1.01. The van der Waals surface area contributed by atoms with E-state index >= 15 is 0 Å². The topological polar surface area (TPSA) is 84.4 Å². The third kappa shape index (κ3) is 4.62. The molecule has 1 N–H and O–H groups in total. The Kier molecular flexibility index (Phi) is 5.55. The van der Waals surface area contributed by atoms with Gasteiger partial charge >= 0.3 is 0 Å². The summed E-state index contributed by atoms with van der Waals surface area (Å²) in [7, 11) is 1.75. The predicted octanol–water partition coefficient (Wildman–Crippen LogP) is 3.09. The molecule has 3 aromatic heterocycles. The van der Waals surface area contributed by atoms with Crippen LogP contribution in [0.2, 0.25) is 0 Å². The molecule has 0 aromatic carbocycles. The van der Waals surface area contributed by atoms with E-state index in [2.05, 4.69) is 15.5 Å². The fraction of sp³-hybridized carbons (Fsp3) is 0.267. The summed E-state index contributed by atoms with van der Waals surface area (Å²) < 4.78 is 11.2. The number of carbonyl (C=O) groups excluding carboxylic acids is 1. The van der Waals surface area contributed by atoms with Crippen molar-refractivity contribution in [3.63, 3.8) is 0 Å². The number of rotatable bonds is 8. The molecule has 0 saturated carbocycles. The van der Waals surface area contributed by atoms with Crippen LogP contribution in [0.4, 0.5) is 5.13 Å². The highest BCUT2D eigenvalue weighted by Gasteiger charge is 2.13. The van der Waals surface area contributed by atoms with Gasteiger partial charge in [0.15, 0.2) is 4.34 Å². The lowest BCUT2D eigenvalue weighted by molar-refractivity contribution is -0.127. The average molecular weight is 364 g/mol. The number of thioether (sulfide) groups is 1. The number of carbonyl (C=O) groups is 1. The van der Waals surface area contributed by atoms with Gasteiger partial charge < -0.3 is 19.1 Å². The van der Waals surface area contributed by atoms with Crippen molar-refractivity contribution in [2.45, 2.75) is 17.4 Å². The van der Waals surface area contributed by atoms with E-state index < -0.39 is 0 Å². The third-order valence-electron chi connectivity index (χ3n) is 3.12. The van der Waals surface area contributed by atoms with Crippen LogP contribution < -0.4 is 5.32 Å². The monoisotopic (exact) mass is 364 g/mol. The normalized spacial score (nSPS) is 10.7. The smallest absolute Gasteiger partial charge is 0.233 e. The van der Waals surface area contributed by atoms with Crippen LogP contribution in [0.3, 0.4) is 0 Å². The standard InChI is InChI=1S/C15H16N4O3S2/c1-19(9-12-5-3-7-22-12)13(20)10-23-15-18-17-14(24-15)16-8-11-4-2-6-21-11/h2-7H,8-10H2,1H3,(H,16,17). The van der Waals surface area contributed by atoms with Crippen LogP contribution in [0, 0.1) is 0 Å². The van der Waals surface area contributed by atoms with Gasteiger partial charge in [0, 0.05) is 7.05 Å². The molecule has 0 aliphatic heterocycles. The quantitative estimate of drug-likeness (QED) is 0.615. The van der Waals surface area contributed by atoms with E-state index in [0.29, 0.717) is 24.0 Å². The second-order valence-electron chi connectivity index (χ2n) is 4.92. The lowest BCUT2D eigenvalue weighted by atomic mass is 10.4. The molecule has 3 aromatic rings. The fourth-order valence-electron chi connectivity index (χ4n) is 1.87. The third-order valence-corrected chi connectivity index (χ3v) is 5.12. The van der Waals surface area contributed by atoms with Crippen molar-refractivity contribution in [2.24, 2.45) is 0 Å². The molecule has 0 bridgehead atoms. The molecule has 0 aliphatic carbocycles. The summed E-state index contributed by atoms with van der Waals surface area (Å²) in [5.41, 5.74) is 0. The van der Waals surface area contributed by atoms with Crippen molar-refractivity contribution in [2.75, 3.05) is 18.1 Å². The Balaban J connectivity index is 1.43. The first kappa shape index (κ1) is 16.6. The van der Waals surface area contributed by atoms with Gasteiger partial charge in [-0.1, -0.05) is 23.1 Å². The first-order valence-corrected chi connectivity index (χ1v) is 9.00. The molecule has 3 rings (SSSR count). The molecule has 0 fully saturated rings. The van der Waals surface area contributed by atoms with E-state index in [1.807, 2.05) is 18.2 Å². The Bertz CT molecular complexity index is 756. The number of hydrogen-bond donors (Lipinski definition) is 1. The molecule has 126 valence electrons. The van der Waals surface area contributed by atoms with Crippen LogP contribution in [-0.2, 0) is 17.9 Å². The summed E-state index contributed by atoms with van der Waals surface area (Å²) in [5, 5.41) is 12.0. The molecule has 0 atom stereocenters. The number of amides is 1. The molecular formula is C15H16N4O3S2. The summed E-state index contributed by atoms with van der Waals surface area (Å²) in [6.07, 6.45) is 3.23. The molecule has 0 saturated heterocycles. The van der Waals surface area contributed by atoms with E-state index in [0.717, 1.165) is 15.9 Å². The maximum atomic E-state index is 12.1. The van der Waals surface area contributed by atoms with Gasteiger partial charge in [0.05, 0.1) is 31.4 Å². The van der Waals surface area contributed by atoms with Crippen molar-refractivity contribution >= 4 is 34.1 Å². The minimum Gasteiger partial charge on any atom is -0.467 e. The maximum Gasteiger partial charge on any atom is 0.233 e. The number of hydrogen-bond acceptors (Lipinski definition) is 8. The first-order chi connectivity index (χ1) is 11.7. The molecule has 0 radical (unpaired) electrons. The van der Waals surface area contributed by atoms with E-state index in [4.69, 9.17) is 8.83 Å². The van der Waals surface area contributed by atoms with Crippen molar-refractivity contribution in [1.82, 2.24) is 15.1 Å². The first-order valence-electron chi connectivity index (χ1n) is 7.19. The molecule has 3 heterocycles. The van der Waals surface area contributed by atoms with Crippen molar-refractivity contribution < 1.29 is 13.6 Å². The van der Waals surface area contributed by atoms with Crippen LogP contribution >= 0.6 is 23.1 Å². The van der Waals surface area contributed by atoms with E-state index in [1.54, 1.807) is 30.5 Å². The lowest BCUT2D eigenvalue weighted by Crippen LogP contribution is -2.27. The SMILES string of the molecule is CN(Cc1ccco1)C(=O)CSc1nnc(NCc2ccco2)s1. The van der Waals surface area contributed by atoms with Gasteiger partial charge in [0.25, 0.3) is 0 Å². The summed E-state index contributed by atoms with van der Waals surface area (Å²) >= 11 is 2.79. The van der Waals surface area contributed by atoms with Gasteiger partial charge in [-0.05, 0) is 24.3 Å². The Morgan fingerprint density at radius 1 is 1.25 bits per heavy atom. The number of anilines is 1. The predicted molar refractivity (Wildman–Crippen MR) is 91.8 cm³/mol. The Labute approximate surface area is 147 Å². The molecule has 24 heavy (non-hydrogen) atoms. The largest absolute Gasteiger partial charge is 0.467 e. The van der Waals surface area contributed by atoms with Crippen molar-refractivity contribution in [3.05, 3.63) is 48.3 Å². The summed E-state index contributed by atoms with van der Waals surface area (Å²) in [5.74, 6) is 1.91. The molecule has 1 amide bonds. The zero-order valence-electron chi connectivity index (χ0n) is 13.0. The summed E-state index contributed by atoms with van der Waals surface area (Å²) in [6, 6.07) is 7.37. The summed E-state index contributed by atoms with van der Waals surface area (Å²) in [4.78, 5) is 13.8. The van der Waals surface area contributed by atoms with Gasteiger partial charge in [0.2, 0.25) is 11.0 Å². The van der Waals surface area contributed by atoms with Crippen LogP contribution in [0.25, 0.3) is 0 Å². The Morgan fingerprint density at radius 2 is 2.00 bits per heavy atom. The van der Waals surface area contributed by atoms with Gasteiger partial charge in [-0.25, -0.2) is 0 Å². The van der Waals surface area contributed by atoms with Crippen LogP contribution in [0.15, 0.2) is 50.0 Å². The van der Waals surface area contributed by atoms with Crippen molar-refractivity contribution in [1.29, 1.82) is 0 Å². The minimum absolute atomic E-state index is 0.0108. The van der Waals surface area contributed by atoms with Gasteiger partial charge in [-0.2, -0.15) is 0 Å². The molecular weight excluding hydrogens is 348 g/mol. The van der Waals surface area contributed by atoms with Crippen LogP contribution in [0.5, 0.6) is 0 Å².